The second-order valence-corrected chi connectivity index (χ2v) is 7.80. The lowest BCUT2D eigenvalue weighted by molar-refractivity contribution is 0.352. The topological polar surface area (TPSA) is 49.8 Å². The van der Waals surface area contributed by atoms with Gasteiger partial charge in [0.05, 0.1) is 11.2 Å². The van der Waals surface area contributed by atoms with E-state index in [0.717, 1.165) is 52.4 Å². The minimum Gasteiger partial charge on any atom is -0.382 e. The van der Waals surface area contributed by atoms with Crippen molar-refractivity contribution in [2.45, 2.75) is 51.2 Å². The van der Waals surface area contributed by atoms with Crippen LogP contribution in [0.15, 0.2) is 48.7 Å². The SMILES string of the molecule is Cc1cccc(CN[C@H]2CC[C@@H](Nc3ccnc4cc(Cl)ccc34)CC2)n1. The predicted molar refractivity (Wildman–Crippen MR) is 112 cm³/mol. The molecular weight excluding hydrogens is 356 g/mol. The zero-order chi connectivity index (χ0) is 18.6. The van der Waals surface area contributed by atoms with Gasteiger partial charge in [-0.3, -0.25) is 9.97 Å². The van der Waals surface area contributed by atoms with Crippen molar-refractivity contribution in [1.82, 2.24) is 15.3 Å². The second-order valence-electron chi connectivity index (χ2n) is 7.36. The number of benzene rings is 1. The van der Waals surface area contributed by atoms with Crippen molar-refractivity contribution < 1.29 is 0 Å². The third kappa shape index (κ3) is 4.57. The molecule has 0 saturated heterocycles. The molecule has 4 rings (SSSR count). The van der Waals surface area contributed by atoms with Crippen molar-refractivity contribution in [2.75, 3.05) is 5.32 Å². The second kappa shape index (κ2) is 8.24. The van der Waals surface area contributed by atoms with Gasteiger partial charge in [-0.1, -0.05) is 17.7 Å². The Morgan fingerprint density at radius 3 is 2.67 bits per heavy atom. The molecule has 5 heteroatoms. The first-order valence-electron chi connectivity index (χ1n) is 9.64. The van der Waals surface area contributed by atoms with Crippen LogP contribution >= 0.6 is 11.6 Å². The van der Waals surface area contributed by atoms with Crippen molar-refractivity contribution in [3.63, 3.8) is 0 Å². The summed E-state index contributed by atoms with van der Waals surface area (Å²) in [6.45, 7) is 2.89. The maximum absolute atomic E-state index is 6.09. The number of nitrogens with zero attached hydrogens (tertiary/aromatic N) is 2. The number of anilines is 1. The lowest BCUT2D eigenvalue weighted by Crippen LogP contribution is -2.36. The number of nitrogens with one attached hydrogen (secondary N) is 2. The number of hydrogen-bond acceptors (Lipinski definition) is 4. The predicted octanol–water partition coefficient (Wildman–Crippen LogP) is 5.10. The number of rotatable bonds is 5. The van der Waals surface area contributed by atoms with Crippen LogP contribution in [0.3, 0.4) is 0 Å². The fraction of sp³-hybridized carbons (Fsp3) is 0.364. The maximum Gasteiger partial charge on any atom is 0.0737 e. The van der Waals surface area contributed by atoms with Gasteiger partial charge in [0.25, 0.3) is 0 Å². The van der Waals surface area contributed by atoms with Crippen molar-refractivity contribution in [2.24, 2.45) is 0 Å². The standard InChI is InChI=1S/C22H25ClN4/c1-15-3-2-4-19(26-15)14-25-17-6-8-18(9-7-17)27-21-11-12-24-22-13-16(23)5-10-20(21)22/h2-5,10-13,17-18,25H,6-9,14H2,1H3,(H,24,27)/t17-,18+. The van der Waals surface area contributed by atoms with Crippen molar-refractivity contribution in [3.05, 3.63) is 65.1 Å². The first-order valence-corrected chi connectivity index (χ1v) is 10.0. The Morgan fingerprint density at radius 1 is 1.04 bits per heavy atom. The molecule has 0 amide bonds. The molecule has 0 spiro atoms. The van der Waals surface area contributed by atoms with E-state index in [1.807, 2.05) is 31.3 Å². The number of aryl methyl sites for hydroxylation is 1. The molecule has 1 aromatic carbocycles. The average molecular weight is 381 g/mol. The van der Waals surface area contributed by atoms with Crippen LogP contribution in [0.2, 0.25) is 5.02 Å². The molecule has 1 fully saturated rings. The van der Waals surface area contributed by atoms with Crippen LogP contribution in [0.25, 0.3) is 10.9 Å². The van der Waals surface area contributed by atoms with Gasteiger partial charge in [-0.25, -0.2) is 0 Å². The average Bonchev–Trinajstić information content (AvgIpc) is 2.67. The lowest BCUT2D eigenvalue weighted by Gasteiger charge is -2.30. The molecule has 4 nitrogen and oxygen atoms in total. The Hall–Kier alpha value is -2.17. The van der Waals surface area contributed by atoms with Gasteiger partial charge < -0.3 is 10.6 Å². The highest BCUT2D eigenvalue weighted by Gasteiger charge is 2.21. The summed E-state index contributed by atoms with van der Waals surface area (Å²) in [7, 11) is 0. The van der Waals surface area contributed by atoms with E-state index in [4.69, 9.17) is 11.6 Å². The monoisotopic (exact) mass is 380 g/mol. The first kappa shape index (κ1) is 18.2. The van der Waals surface area contributed by atoms with E-state index in [-0.39, 0.29) is 0 Å². The number of hydrogen-bond donors (Lipinski definition) is 2. The van der Waals surface area contributed by atoms with Crippen LogP contribution in [-0.4, -0.2) is 22.1 Å². The maximum atomic E-state index is 6.09. The molecule has 1 aliphatic rings. The van der Waals surface area contributed by atoms with E-state index < -0.39 is 0 Å². The zero-order valence-corrected chi connectivity index (χ0v) is 16.3. The van der Waals surface area contributed by atoms with Crippen LogP contribution < -0.4 is 10.6 Å². The van der Waals surface area contributed by atoms with Gasteiger partial charge in [-0.15, -0.1) is 0 Å². The molecule has 0 radical (unpaired) electrons. The molecule has 0 bridgehead atoms. The van der Waals surface area contributed by atoms with Gasteiger partial charge in [0, 0.05) is 46.6 Å². The third-order valence-electron chi connectivity index (χ3n) is 5.31. The summed E-state index contributed by atoms with van der Waals surface area (Å²) in [6.07, 6.45) is 6.53. The molecule has 1 saturated carbocycles. The van der Waals surface area contributed by atoms with Gasteiger partial charge in [-0.05, 0) is 69.0 Å². The molecule has 1 aliphatic carbocycles. The summed E-state index contributed by atoms with van der Waals surface area (Å²) < 4.78 is 0. The van der Waals surface area contributed by atoms with Crippen LogP contribution in [0, 0.1) is 6.92 Å². The molecule has 0 aliphatic heterocycles. The van der Waals surface area contributed by atoms with Gasteiger partial charge in [0.15, 0.2) is 0 Å². The van der Waals surface area contributed by atoms with E-state index in [9.17, 15) is 0 Å². The minimum absolute atomic E-state index is 0.501. The third-order valence-corrected chi connectivity index (χ3v) is 5.54. The molecule has 0 unspecified atom stereocenters. The van der Waals surface area contributed by atoms with Gasteiger partial charge in [-0.2, -0.15) is 0 Å². The molecule has 3 aromatic rings. The molecular formula is C22H25ClN4. The Kier molecular flexibility index (Phi) is 5.55. The summed E-state index contributed by atoms with van der Waals surface area (Å²) in [5, 5.41) is 9.25. The summed E-state index contributed by atoms with van der Waals surface area (Å²) in [5.74, 6) is 0. The van der Waals surface area contributed by atoms with Gasteiger partial charge in [0.2, 0.25) is 0 Å². The summed E-state index contributed by atoms with van der Waals surface area (Å²) in [5.41, 5.74) is 4.29. The largest absolute Gasteiger partial charge is 0.382 e. The Bertz CT molecular complexity index is 919. The fourth-order valence-electron chi connectivity index (χ4n) is 3.86. The number of fused-ring (bicyclic) bond motifs is 1. The van der Waals surface area contributed by atoms with Gasteiger partial charge in [0.1, 0.15) is 0 Å². The van der Waals surface area contributed by atoms with E-state index in [1.165, 1.54) is 12.8 Å². The van der Waals surface area contributed by atoms with E-state index >= 15 is 0 Å². The highest BCUT2D eigenvalue weighted by Crippen LogP contribution is 2.28. The molecule has 140 valence electrons. The van der Waals surface area contributed by atoms with Crippen LogP contribution in [-0.2, 0) is 6.54 Å². The molecule has 2 aromatic heterocycles. The lowest BCUT2D eigenvalue weighted by atomic mass is 9.91. The van der Waals surface area contributed by atoms with E-state index in [0.29, 0.717) is 12.1 Å². The Balaban J connectivity index is 1.32. The van der Waals surface area contributed by atoms with Crippen LogP contribution in [0.4, 0.5) is 5.69 Å². The van der Waals surface area contributed by atoms with Crippen molar-refractivity contribution >= 4 is 28.2 Å². The van der Waals surface area contributed by atoms with Crippen LogP contribution in [0.1, 0.15) is 37.1 Å². The number of halogens is 1. The molecule has 2 heterocycles. The Morgan fingerprint density at radius 2 is 1.85 bits per heavy atom. The summed E-state index contributed by atoms with van der Waals surface area (Å²) >= 11 is 6.09. The quantitative estimate of drug-likeness (QED) is 0.646. The fourth-order valence-corrected chi connectivity index (χ4v) is 4.02. The minimum atomic E-state index is 0.501. The summed E-state index contributed by atoms with van der Waals surface area (Å²) in [4.78, 5) is 9.00. The highest BCUT2D eigenvalue weighted by molar-refractivity contribution is 6.31. The molecule has 27 heavy (non-hydrogen) atoms. The Labute approximate surface area is 165 Å². The zero-order valence-electron chi connectivity index (χ0n) is 15.6. The number of pyridine rings is 2. The van der Waals surface area contributed by atoms with Crippen molar-refractivity contribution in [3.8, 4) is 0 Å². The van der Waals surface area contributed by atoms with Crippen LogP contribution in [0.5, 0.6) is 0 Å². The molecule has 2 N–H and O–H groups in total. The highest BCUT2D eigenvalue weighted by atomic mass is 35.5. The van der Waals surface area contributed by atoms with E-state index in [2.05, 4.69) is 44.9 Å². The summed E-state index contributed by atoms with van der Waals surface area (Å²) in [6, 6.07) is 15.2. The van der Waals surface area contributed by atoms with Crippen molar-refractivity contribution in [1.29, 1.82) is 0 Å². The smallest absolute Gasteiger partial charge is 0.0737 e. The first-order chi connectivity index (χ1) is 13.2. The number of aromatic nitrogens is 2. The molecule has 0 atom stereocenters. The van der Waals surface area contributed by atoms with E-state index in [1.54, 1.807) is 0 Å². The normalized spacial score (nSPS) is 19.9. The van der Waals surface area contributed by atoms with Gasteiger partial charge >= 0.3 is 0 Å².